The molecule has 5 aromatic carbocycles. The van der Waals surface area contributed by atoms with Crippen LogP contribution in [-0.2, 0) is 4.79 Å². The van der Waals surface area contributed by atoms with Gasteiger partial charge in [0.2, 0.25) is 0 Å². The quantitative estimate of drug-likeness (QED) is 0.102. The molecule has 5 rings (SSSR count). The van der Waals surface area contributed by atoms with Crippen molar-refractivity contribution in [3.05, 3.63) is 157 Å². The van der Waals surface area contributed by atoms with Crippen LogP contribution < -0.4 is 14.7 Å². The number of rotatable bonds is 10. The minimum atomic E-state index is -1.25. The fourth-order valence-corrected chi connectivity index (χ4v) is 4.85. The van der Waals surface area contributed by atoms with E-state index in [2.05, 4.69) is 102 Å². The van der Waals surface area contributed by atoms with Crippen molar-refractivity contribution in [1.82, 2.24) is 0 Å². The molecule has 0 bridgehead atoms. The Morgan fingerprint density at radius 3 is 1.34 bits per heavy atom. The summed E-state index contributed by atoms with van der Waals surface area (Å²) in [6.45, 7) is 0. The monoisotopic (exact) mass is 576 g/mol. The van der Waals surface area contributed by atoms with E-state index in [9.17, 15) is 4.79 Å². The van der Waals surface area contributed by atoms with Gasteiger partial charge in [-0.15, -0.1) is 0 Å². The second kappa shape index (κ2) is 13.7. The van der Waals surface area contributed by atoms with Crippen molar-refractivity contribution in [2.45, 2.75) is 0 Å². The summed E-state index contributed by atoms with van der Waals surface area (Å²) in [7, 11) is 4.11. The molecule has 216 valence electrons. The van der Waals surface area contributed by atoms with E-state index in [1.54, 1.807) is 18.2 Å². The summed E-state index contributed by atoms with van der Waals surface area (Å²) >= 11 is 0. The van der Waals surface area contributed by atoms with Crippen molar-refractivity contribution in [3.8, 4) is 6.07 Å². The summed E-state index contributed by atoms with van der Waals surface area (Å²) in [5, 5.41) is 18.0. The minimum absolute atomic E-state index is 0.313. The lowest BCUT2D eigenvalue weighted by Crippen LogP contribution is -2.13. The number of hydrogen-bond acceptors (Lipinski definition) is 5. The molecule has 5 aromatic rings. The van der Waals surface area contributed by atoms with Crippen LogP contribution in [0.5, 0.6) is 0 Å². The summed E-state index contributed by atoms with van der Waals surface area (Å²) in [6.07, 6.45) is 4.64. The number of allylic oxidation sites excluding steroid dienone is 2. The predicted molar refractivity (Wildman–Crippen MR) is 181 cm³/mol. The third-order valence-electron chi connectivity index (χ3n) is 7.33. The Labute approximate surface area is 258 Å². The Bertz CT molecular complexity index is 1700. The van der Waals surface area contributed by atoms with Crippen molar-refractivity contribution < 1.29 is 9.90 Å². The Hall–Kier alpha value is -6.06. The fraction of sp³-hybridized carbons (Fsp3) is 0.0526. The minimum Gasteiger partial charge on any atom is -0.477 e. The summed E-state index contributed by atoms with van der Waals surface area (Å²) in [6, 6.07) is 47.1. The Balaban J connectivity index is 1.47. The number of carbonyl (C=O) groups is 1. The van der Waals surface area contributed by atoms with Crippen LogP contribution in [0.3, 0.4) is 0 Å². The largest absolute Gasteiger partial charge is 0.477 e. The van der Waals surface area contributed by atoms with Crippen LogP contribution >= 0.6 is 0 Å². The lowest BCUT2D eigenvalue weighted by molar-refractivity contribution is -0.132. The van der Waals surface area contributed by atoms with Crippen LogP contribution in [0.4, 0.5) is 39.8 Å². The van der Waals surface area contributed by atoms with Gasteiger partial charge >= 0.3 is 5.97 Å². The Morgan fingerprint density at radius 1 is 0.591 bits per heavy atom. The first-order valence-corrected chi connectivity index (χ1v) is 14.1. The summed E-state index contributed by atoms with van der Waals surface area (Å²) < 4.78 is 0. The molecule has 0 saturated heterocycles. The molecule has 0 heterocycles. The molecule has 0 radical (unpaired) electrons. The van der Waals surface area contributed by atoms with Gasteiger partial charge in [-0.2, -0.15) is 5.26 Å². The number of hydrogen-bond donors (Lipinski definition) is 1. The first-order valence-electron chi connectivity index (χ1n) is 14.1. The molecule has 0 aliphatic rings. The number of nitriles is 1. The molecule has 6 heteroatoms. The van der Waals surface area contributed by atoms with Gasteiger partial charge in [0.15, 0.2) is 0 Å². The highest BCUT2D eigenvalue weighted by atomic mass is 16.4. The van der Waals surface area contributed by atoms with Crippen LogP contribution in [0.2, 0.25) is 0 Å². The summed E-state index contributed by atoms with van der Waals surface area (Å²) in [5.74, 6) is -1.25. The molecular formula is C38H32N4O2. The van der Waals surface area contributed by atoms with Gasteiger partial charge in [-0.1, -0.05) is 60.7 Å². The first-order chi connectivity index (χ1) is 21.4. The fourth-order valence-electron chi connectivity index (χ4n) is 4.85. The Morgan fingerprint density at radius 2 is 0.955 bits per heavy atom. The van der Waals surface area contributed by atoms with E-state index in [4.69, 9.17) is 10.4 Å². The highest BCUT2D eigenvalue weighted by Gasteiger charge is 2.14. The number of aliphatic carboxylic acids is 1. The molecular weight excluding hydrogens is 544 g/mol. The van der Waals surface area contributed by atoms with E-state index < -0.39 is 5.97 Å². The summed E-state index contributed by atoms with van der Waals surface area (Å²) in [4.78, 5) is 17.6. The maximum absolute atomic E-state index is 11.1. The second-order valence-electron chi connectivity index (χ2n) is 10.1. The van der Waals surface area contributed by atoms with Gasteiger partial charge in [-0.3, -0.25) is 0 Å². The SMILES string of the molecule is CN(c1ccccc1)c1ccc(N(c2ccc(/C=C/C=C(\C#N)C(=O)O)cc2)c2ccc(N(C)c3ccccc3)cc2)cc1. The third-order valence-corrected chi connectivity index (χ3v) is 7.33. The number of carboxylic acid groups (broad SMARTS) is 1. The second-order valence-corrected chi connectivity index (χ2v) is 10.1. The normalized spacial score (nSPS) is 11.2. The highest BCUT2D eigenvalue weighted by molar-refractivity contribution is 5.91. The van der Waals surface area contributed by atoms with E-state index in [-0.39, 0.29) is 5.57 Å². The van der Waals surface area contributed by atoms with Crippen molar-refractivity contribution in [3.63, 3.8) is 0 Å². The standard InChI is InChI=1S/C38H32N4O2/c1-40(31-12-5-3-6-13-31)33-20-24-36(25-21-33)42(35-18-16-29(17-19-35)10-9-11-30(28-39)38(43)44)37-26-22-34(23-27-37)41(2)32-14-7-4-8-15-32/h3-27H,1-2H3,(H,43,44)/b10-9+,30-11+. The zero-order valence-electron chi connectivity index (χ0n) is 24.6. The van der Waals surface area contributed by atoms with Crippen LogP contribution in [0.25, 0.3) is 6.08 Å². The summed E-state index contributed by atoms with van der Waals surface area (Å²) in [5.41, 5.74) is 7.92. The number of carboxylic acids is 1. The van der Waals surface area contributed by atoms with Gasteiger partial charge in [-0.25, -0.2) is 4.79 Å². The number of para-hydroxylation sites is 2. The van der Waals surface area contributed by atoms with Crippen molar-refractivity contribution in [2.24, 2.45) is 0 Å². The number of anilines is 7. The lowest BCUT2D eigenvalue weighted by atomic mass is 10.1. The number of nitrogens with zero attached hydrogens (tertiary/aromatic N) is 4. The topological polar surface area (TPSA) is 70.8 Å². The van der Waals surface area contributed by atoms with Crippen molar-refractivity contribution in [1.29, 1.82) is 5.26 Å². The maximum atomic E-state index is 11.1. The zero-order chi connectivity index (χ0) is 30.9. The first kappa shape index (κ1) is 29.4. The van der Waals surface area contributed by atoms with Crippen molar-refractivity contribution >= 4 is 51.9 Å². The maximum Gasteiger partial charge on any atom is 0.346 e. The molecule has 0 saturated carbocycles. The molecule has 6 nitrogen and oxygen atoms in total. The van der Waals surface area contributed by atoms with Gasteiger partial charge < -0.3 is 19.8 Å². The van der Waals surface area contributed by atoms with E-state index in [0.29, 0.717) is 0 Å². The van der Waals surface area contributed by atoms with E-state index in [1.165, 1.54) is 6.08 Å². The molecule has 0 amide bonds. The molecule has 0 fully saturated rings. The van der Waals surface area contributed by atoms with E-state index in [1.807, 2.05) is 60.7 Å². The van der Waals surface area contributed by atoms with Crippen LogP contribution in [-0.4, -0.2) is 25.2 Å². The van der Waals surface area contributed by atoms with Gasteiger partial charge in [-0.05, 0) is 96.6 Å². The molecule has 0 aliphatic heterocycles. The predicted octanol–water partition coefficient (Wildman–Crippen LogP) is 9.24. The van der Waals surface area contributed by atoms with Gasteiger partial charge in [0.05, 0.1) is 0 Å². The number of benzene rings is 5. The van der Waals surface area contributed by atoms with Gasteiger partial charge in [0.25, 0.3) is 0 Å². The van der Waals surface area contributed by atoms with E-state index in [0.717, 1.165) is 45.4 Å². The molecule has 0 aliphatic carbocycles. The van der Waals surface area contributed by atoms with Gasteiger partial charge in [0.1, 0.15) is 11.6 Å². The average molecular weight is 577 g/mol. The molecule has 44 heavy (non-hydrogen) atoms. The molecule has 0 atom stereocenters. The third kappa shape index (κ3) is 6.87. The molecule has 0 aromatic heterocycles. The zero-order valence-corrected chi connectivity index (χ0v) is 24.6. The van der Waals surface area contributed by atoms with Crippen LogP contribution in [0.1, 0.15) is 5.56 Å². The highest BCUT2D eigenvalue weighted by Crippen LogP contribution is 2.37. The lowest BCUT2D eigenvalue weighted by Gasteiger charge is -2.27. The van der Waals surface area contributed by atoms with Crippen LogP contribution in [0, 0.1) is 11.3 Å². The van der Waals surface area contributed by atoms with Gasteiger partial charge in [0, 0.05) is 53.9 Å². The molecule has 1 N–H and O–H groups in total. The van der Waals surface area contributed by atoms with Crippen LogP contribution in [0.15, 0.2) is 151 Å². The smallest absolute Gasteiger partial charge is 0.346 e. The molecule has 0 spiro atoms. The van der Waals surface area contributed by atoms with Crippen molar-refractivity contribution in [2.75, 3.05) is 28.8 Å². The van der Waals surface area contributed by atoms with E-state index >= 15 is 0 Å². The molecule has 0 unspecified atom stereocenters. The Kier molecular flexibility index (Phi) is 9.19. The average Bonchev–Trinajstić information content (AvgIpc) is 3.08.